The molecule has 0 saturated heterocycles. The van der Waals surface area contributed by atoms with Crippen LogP contribution in [0, 0.1) is 0 Å². The maximum Gasteiger partial charge on any atom is 0.191 e. The van der Waals surface area contributed by atoms with Crippen molar-refractivity contribution in [2.45, 2.75) is 17.4 Å². The summed E-state index contributed by atoms with van der Waals surface area (Å²) in [4.78, 5) is 0. The molecule has 0 rings (SSSR count). The predicted octanol–water partition coefficient (Wildman–Crippen LogP) is 0.228. The molecule has 0 unspecified atom stereocenters. The van der Waals surface area contributed by atoms with Crippen LogP contribution in [0.5, 0.6) is 0 Å². The van der Waals surface area contributed by atoms with Crippen LogP contribution in [0.1, 0.15) is 0 Å². The van der Waals surface area contributed by atoms with Crippen molar-refractivity contribution in [2.24, 2.45) is 0 Å². The van der Waals surface area contributed by atoms with Gasteiger partial charge in [-0.15, -0.1) is 17.4 Å². The lowest BCUT2D eigenvalue weighted by Gasteiger charge is -1.38. The van der Waals surface area contributed by atoms with E-state index in [1.807, 2.05) is 5.79 Å². The van der Waals surface area contributed by atoms with Crippen LogP contribution in [0.15, 0.2) is 0 Å². The van der Waals surface area contributed by atoms with Crippen LogP contribution < -0.4 is 0 Å². The van der Waals surface area contributed by atoms with Crippen LogP contribution >= 0.6 is 0 Å². The summed E-state index contributed by atoms with van der Waals surface area (Å²) in [6.07, 6.45) is 0. The summed E-state index contributed by atoms with van der Waals surface area (Å²) in [7, 11) is 0. The second kappa shape index (κ2) is 42.2. The van der Waals surface area contributed by atoms with E-state index in [0.717, 1.165) is 15.2 Å². The Labute approximate surface area is 82.8 Å². The van der Waals surface area contributed by atoms with Gasteiger partial charge in [0, 0.05) is 34.7 Å². The molecule has 9 radical (unpaired) electrons. The third-order valence-electron chi connectivity index (χ3n) is 0. The molecule has 0 aromatic heterocycles. The van der Waals surface area contributed by atoms with E-state index in [2.05, 4.69) is 27.9 Å². The fraction of sp³-hybridized carbons (Fsp3) is 1.00. The Balaban J connectivity index is -0.0000000105. The second-order valence-electron chi connectivity index (χ2n) is 0.577. The van der Waals surface area contributed by atoms with Gasteiger partial charge < -0.3 is 0 Å². The van der Waals surface area contributed by atoms with Gasteiger partial charge >= 0.3 is 0 Å². The Kier molecular flexibility index (Phi) is 138. The van der Waals surface area contributed by atoms with Crippen LogP contribution in [0.2, 0.25) is 17.4 Å². The number of hydrogen-bond donors (Lipinski definition) is 0. The van der Waals surface area contributed by atoms with Gasteiger partial charge in [0.2, 0.25) is 0 Å². The molecule has 33 valence electrons. The highest BCUT2D eigenvalue weighted by Gasteiger charge is 1.46. The fourth-order valence-corrected chi connectivity index (χ4v) is 0. The number of hydrogen-bond acceptors (Lipinski definition) is 0. The minimum atomic E-state index is 0. The van der Waals surface area contributed by atoms with Crippen molar-refractivity contribution >= 4 is 66.2 Å². The minimum absolute atomic E-state index is 0. The van der Waals surface area contributed by atoms with E-state index in [0.29, 0.717) is 0 Å². The molecule has 0 aliphatic heterocycles. The molecule has 0 amide bonds. The first-order chi connectivity index (χ1) is 2.41. The van der Waals surface area contributed by atoms with Crippen LogP contribution in [-0.2, 0) is 0 Å². The van der Waals surface area contributed by atoms with Gasteiger partial charge in [0.15, 0.2) is 15.2 Å². The van der Waals surface area contributed by atoms with E-state index >= 15 is 0 Å². The SMILES string of the molecule is [Al].[Al].[CH3][Al].[CH3][Al][CH3]. The summed E-state index contributed by atoms with van der Waals surface area (Å²) < 4.78 is 0. The van der Waals surface area contributed by atoms with Gasteiger partial charge in [0.05, 0.1) is 0 Å². The highest BCUT2D eigenvalue weighted by Crippen LogP contribution is 1.36. The van der Waals surface area contributed by atoms with E-state index in [4.69, 9.17) is 0 Å². The van der Waals surface area contributed by atoms with E-state index in [1.54, 1.807) is 0 Å². The molecule has 0 aliphatic carbocycles. The van der Waals surface area contributed by atoms with E-state index < -0.39 is 0 Å². The summed E-state index contributed by atoms with van der Waals surface area (Å²) >= 11 is 3.17. The summed E-state index contributed by atoms with van der Waals surface area (Å²) in [5.41, 5.74) is 0. The predicted molar refractivity (Wildman–Crippen MR) is 40.6 cm³/mol. The number of rotatable bonds is 0. The average Bonchev–Trinajstić information content (AvgIpc) is 1.46. The van der Waals surface area contributed by atoms with Gasteiger partial charge in [0.1, 0.15) is 16.3 Å². The first kappa shape index (κ1) is 22.9. The average molecular weight is 153 g/mol. The lowest BCUT2D eigenvalue weighted by Crippen LogP contribution is -1.53. The lowest BCUT2D eigenvalue weighted by molar-refractivity contribution is 2.14. The summed E-state index contributed by atoms with van der Waals surface area (Å²) in [6, 6.07) is 0. The van der Waals surface area contributed by atoms with Gasteiger partial charge in [-0.25, -0.2) is 0 Å². The van der Waals surface area contributed by atoms with Crippen molar-refractivity contribution < 1.29 is 0 Å². The third-order valence-corrected chi connectivity index (χ3v) is 0. The molecule has 0 aromatic carbocycles. The summed E-state index contributed by atoms with van der Waals surface area (Å²) in [6.45, 7) is 0. The van der Waals surface area contributed by atoms with Crippen LogP contribution in [0.4, 0.5) is 0 Å². The van der Waals surface area contributed by atoms with Gasteiger partial charge in [-0.1, -0.05) is 0 Å². The van der Waals surface area contributed by atoms with Crippen LogP contribution in [-0.4, -0.2) is 66.2 Å². The van der Waals surface area contributed by atoms with Gasteiger partial charge in [-0.3, -0.25) is 0 Å². The van der Waals surface area contributed by atoms with Crippen molar-refractivity contribution in [3.05, 3.63) is 0 Å². The van der Waals surface area contributed by atoms with E-state index in [9.17, 15) is 0 Å². The quantitative estimate of drug-likeness (QED) is 0.437. The zero-order chi connectivity index (χ0) is 4.71. The van der Waals surface area contributed by atoms with Crippen molar-refractivity contribution in [3.63, 3.8) is 0 Å². The molecule has 7 heavy (non-hydrogen) atoms. The first-order valence-electron chi connectivity index (χ1n) is 1.73. The molecule has 0 aromatic rings. The maximum absolute atomic E-state index is 2.42. The van der Waals surface area contributed by atoms with Gasteiger partial charge in [0.25, 0.3) is 0 Å². The maximum atomic E-state index is 2.42. The van der Waals surface area contributed by atoms with Gasteiger partial charge in [-0.2, -0.15) is 0 Å². The molecule has 0 saturated carbocycles. The van der Waals surface area contributed by atoms with E-state index in [-0.39, 0.29) is 34.7 Å². The Morgan fingerprint density at radius 1 is 1.00 bits per heavy atom. The highest BCUT2D eigenvalue weighted by molar-refractivity contribution is 6.31. The Morgan fingerprint density at radius 2 is 1.00 bits per heavy atom. The molecule has 0 heterocycles. The molecule has 0 N–H and O–H groups in total. The molecule has 0 nitrogen and oxygen atoms in total. The molecule has 0 fully saturated rings. The smallest absolute Gasteiger partial charge is 0.128 e. The van der Waals surface area contributed by atoms with Crippen LogP contribution in [0.3, 0.4) is 0 Å². The molecule has 0 aliphatic rings. The molecule has 0 bridgehead atoms. The fourth-order valence-electron chi connectivity index (χ4n) is 0. The summed E-state index contributed by atoms with van der Waals surface area (Å²) in [5, 5.41) is 0. The zero-order valence-corrected chi connectivity index (χ0v) is 9.93. The Hall–Kier alpha value is 2.13. The van der Waals surface area contributed by atoms with E-state index in [1.165, 1.54) is 0 Å². The molecule has 4 heteroatoms. The lowest BCUT2D eigenvalue weighted by atomic mass is 11.9. The normalized spacial score (nSPS) is 2.71. The van der Waals surface area contributed by atoms with Crippen LogP contribution in [0.25, 0.3) is 0 Å². The van der Waals surface area contributed by atoms with Gasteiger partial charge in [-0.05, 0) is 0 Å². The standard InChI is InChI=1S/3CH3.4Al/h3*1H3;;;;. The minimum Gasteiger partial charge on any atom is -0.128 e. The molecular weight excluding hydrogens is 144 g/mol. The monoisotopic (exact) mass is 153 g/mol. The third kappa shape index (κ3) is 67.3. The molecule has 0 atom stereocenters. The largest absolute Gasteiger partial charge is 0.191 e. The van der Waals surface area contributed by atoms with Crippen molar-refractivity contribution in [2.75, 3.05) is 0 Å². The topological polar surface area (TPSA) is 0 Å². The summed E-state index contributed by atoms with van der Waals surface area (Å²) in [5.74, 6) is 6.33. The Morgan fingerprint density at radius 3 is 1.00 bits per heavy atom. The highest BCUT2D eigenvalue weighted by atomic mass is 27.1. The van der Waals surface area contributed by atoms with Crippen molar-refractivity contribution in [1.29, 1.82) is 0 Å². The molecule has 0 spiro atoms. The zero-order valence-electron chi connectivity index (χ0n) is 5.31. The van der Waals surface area contributed by atoms with Crippen molar-refractivity contribution in [1.82, 2.24) is 0 Å². The Bertz CT molecular complexity index is 6.90. The second-order valence-corrected chi connectivity index (χ2v) is 1.73. The first-order valence-corrected chi connectivity index (χ1v) is 5.20. The molecular formula is C3H9Al4. The van der Waals surface area contributed by atoms with Crippen molar-refractivity contribution in [3.8, 4) is 0 Å².